The van der Waals surface area contributed by atoms with E-state index in [0.29, 0.717) is 0 Å². The van der Waals surface area contributed by atoms with Gasteiger partial charge in [-0.15, -0.1) is 0 Å². The first-order valence-corrected chi connectivity index (χ1v) is 11.0. The molecule has 1 aromatic carbocycles. The summed E-state index contributed by atoms with van der Waals surface area (Å²) in [4.78, 5) is 19.0. The molecule has 1 amide bonds. The molecule has 7 heteroatoms. The third-order valence-electron chi connectivity index (χ3n) is 4.88. The molecule has 0 radical (unpaired) electrons. The molecule has 0 spiro atoms. The van der Waals surface area contributed by atoms with Gasteiger partial charge in [-0.05, 0) is 48.0 Å². The molecule has 0 aliphatic carbocycles. The van der Waals surface area contributed by atoms with Crippen molar-refractivity contribution in [3.8, 4) is 5.69 Å². The van der Waals surface area contributed by atoms with Gasteiger partial charge in [0.1, 0.15) is 0 Å². The number of pyridine rings is 1. The number of benzene rings is 1. The van der Waals surface area contributed by atoms with Crippen molar-refractivity contribution in [2.45, 2.75) is 19.0 Å². The second-order valence-corrected chi connectivity index (χ2v) is 8.93. The summed E-state index contributed by atoms with van der Waals surface area (Å²) in [6.07, 6.45) is 7.37. The zero-order valence-electron chi connectivity index (χ0n) is 15.8. The van der Waals surface area contributed by atoms with Gasteiger partial charge < -0.3 is 9.47 Å². The van der Waals surface area contributed by atoms with Crippen LogP contribution in [0, 0.1) is 0 Å². The lowest BCUT2D eigenvalue weighted by molar-refractivity contribution is -0.132. The largest absolute Gasteiger partial charge is 0.329 e. The number of sulfone groups is 1. The maximum atomic E-state index is 13.1. The van der Waals surface area contributed by atoms with E-state index in [0.717, 1.165) is 16.9 Å². The van der Waals surface area contributed by atoms with Crippen LogP contribution in [0.3, 0.4) is 0 Å². The van der Waals surface area contributed by atoms with Crippen molar-refractivity contribution in [1.82, 2.24) is 14.5 Å². The van der Waals surface area contributed by atoms with Gasteiger partial charge in [0.15, 0.2) is 9.84 Å². The first kappa shape index (κ1) is 19.1. The van der Waals surface area contributed by atoms with E-state index >= 15 is 0 Å². The molecule has 1 unspecified atom stereocenters. The number of carbonyl (C=O) groups excluding carboxylic acids is 1. The summed E-state index contributed by atoms with van der Waals surface area (Å²) in [5.74, 6) is -0.214. The Morgan fingerprint density at radius 1 is 1.07 bits per heavy atom. The van der Waals surface area contributed by atoms with E-state index in [2.05, 4.69) is 4.98 Å². The highest BCUT2D eigenvalue weighted by molar-refractivity contribution is 7.94. The predicted octanol–water partition coefficient (Wildman–Crippen LogP) is 2.75. The van der Waals surface area contributed by atoms with E-state index < -0.39 is 15.9 Å². The highest BCUT2D eigenvalue weighted by atomic mass is 32.2. The minimum Gasteiger partial charge on any atom is -0.329 e. The van der Waals surface area contributed by atoms with Crippen LogP contribution in [0.2, 0.25) is 0 Å². The number of aromatic nitrogens is 2. The molecule has 1 aliphatic heterocycles. The minimum atomic E-state index is -3.27. The van der Waals surface area contributed by atoms with Crippen LogP contribution < -0.4 is 0 Å². The Labute approximate surface area is 170 Å². The third kappa shape index (κ3) is 4.63. The standard InChI is InChI=1S/C22H21N3O3S/c26-22(15-18-6-8-20(9-7-18)24-12-3-4-13-24)25(16-19-5-1-2-11-23-19)21-10-14-29(27,28)17-21/h1-14,21H,15-17H2. The fourth-order valence-electron chi connectivity index (χ4n) is 3.38. The zero-order chi connectivity index (χ0) is 20.3. The topological polar surface area (TPSA) is 72.3 Å². The Morgan fingerprint density at radius 3 is 2.45 bits per heavy atom. The Kier molecular flexibility index (Phi) is 5.31. The fourth-order valence-corrected chi connectivity index (χ4v) is 4.68. The summed E-state index contributed by atoms with van der Waals surface area (Å²) in [6.45, 7) is 0.269. The van der Waals surface area contributed by atoms with Crippen LogP contribution in [-0.4, -0.2) is 40.6 Å². The van der Waals surface area contributed by atoms with Gasteiger partial charge in [-0.2, -0.15) is 0 Å². The van der Waals surface area contributed by atoms with Gasteiger partial charge in [0.25, 0.3) is 0 Å². The van der Waals surface area contributed by atoms with Crippen LogP contribution in [0.4, 0.5) is 0 Å². The Balaban J connectivity index is 1.52. The number of carbonyl (C=O) groups is 1. The molecule has 0 N–H and O–H groups in total. The van der Waals surface area contributed by atoms with E-state index in [4.69, 9.17) is 0 Å². The van der Waals surface area contributed by atoms with Gasteiger partial charge >= 0.3 is 0 Å². The lowest BCUT2D eigenvalue weighted by atomic mass is 10.1. The van der Waals surface area contributed by atoms with Gasteiger partial charge in [0, 0.05) is 29.7 Å². The van der Waals surface area contributed by atoms with Gasteiger partial charge in [0.05, 0.1) is 30.5 Å². The highest BCUT2D eigenvalue weighted by Gasteiger charge is 2.30. The Hall–Kier alpha value is -3.19. The zero-order valence-corrected chi connectivity index (χ0v) is 16.6. The van der Waals surface area contributed by atoms with Crippen molar-refractivity contribution in [3.63, 3.8) is 0 Å². The van der Waals surface area contributed by atoms with Gasteiger partial charge in [-0.1, -0.05) is 18.2 Å². The quantitative estimate of drug-likeness (QED) is 0.630. The van der Waals surface area contributed by atoms with Crippen molar-refractivity contribution >= 4 is 15.7 Å². The second kappa shape index (κ2) is 8.05. The first-order chi connectivity index (χ1) is 14.0. The maximum Gasteiger partial charge on any atom is 0.227 e. The minimum absolute atomic E-state index is 0.0852. The van der Waals surface area contributed by atoms with E-state index in [-0.39, 0.29) is 24.6 Å². The van der Waals surface area contributed by atoms with Crippen LogP contribution in [0.5, 0.6) is 0 Å². The van der Waals surface area contributed by atoms with E-state index in [1.165, 1.54) is 5.41 Å². The SMILES string of the molecule is O=C(Cc1ccc(-n2cccc2)cc1)N(Cc1ccccn1)C1C=CS(=O)(=O)C1. The highest BCUT2D eigenvalue weighted by Crippen LogP contribution is 2.19. The first-order valence-electron chi connectivity index (χ1n) is 9.33. The van der Waals surface area contributed by atoms with E-state index in [9.17, 15) is 13.2 Å². The second-order valence-electron chi connectivity index (χ2n) is 7.00. The smallest absolute Gasteiger partial charge is 0.227 e. The molecular formula is C22H21N3O3S. The molecule has 0 bridgehead atoms. The third-order valence-corrected chi connectivity index (χ3v) is 6.26. The number of hydrogen-bond donors (Lipinski definition) is 0. The lowest BCUT2D eigenvalue weighted by Crippen LogP contribution is -2.41. The molecule has 3 heterocycles. The Bertz CT molecular complexity index is 1110. The van der Waals surface area contributed by atoms with Gasteiger partial charge in [-0.3, -0.25) is 9.78 Å². The summed E-state index contributed by atoms with van der Waals surface area (Å²) in [6, 6.07) is 16.7. The van der Waals surface area contributed by atoms with Crippen LogP contribution in [0.25, 0.3) is 5.69 Å². The monoisotopic (exact) mass is 407 g/mol. The summed E-state index contributed by atoms with van der Waals surface area (Å²) < 4.78 is 25.8. The molecule has 3 aromatic rings. The summed E-state index contributed by atoms with van der Waals surface area (Å²) in [5, 5.41) is 1.20. The lowest BCUT2D eigenvalue weighted by Gasteiger charge is -2.27. The van der Waals surface area contributed by atoms with Crippen LogP contribution >= 0.6 is 0 Å². The summed E-state index contributed by atoms with van der Waals surface area (Å²) in [5.41, 5.74) is 2.62. The van der Waals surface area contributed by atoms with E-state index in [1.807, 2.05) is 71.6 Å². The molecule has 2 aromatic heterocycles. The molecule has 29 heavy (non-hydrogen) atoms. The maximum absolute atomic E-state index is 13.1. The molecule has 148 valence electrons. The van der Waals surface area contributed by atoms with Crippen molar-refractivity contribution in [3.05, 3.63) is 95.9 Å². The van der Waals surface area contributed by atoms with E-state index in [1.54, 1.807) is 17.2 Å². The molecule has 0 saturated carbocycles. The summed E-state index contributed by atoms with van der Waals surface area (Å²) in [7, 11) is -3.27. The Morgan fingerprint density at radius 2 is 1.83 bits per heavy atom. The van der Waals surface area contributed by atoms with Gasteiger partial charge in [-0.25, -0.2) is 8.42 Å². The number of nitrogens with zero attached hydrogens (tertiary/aromatic N) is 3. The average molecular weight is 407 g/mol. The number of rotatable bonds is 6. The summed E-state index contributed by atoms with van der Waals surface area (Å²) >= 11 is 0. The normalized spacial score (nSPS) is 17.3. The van der Waals surface area contributed by atoms with Crippen molar-refractivity contribution < 1.29 is 13.2 Å². The number of amides is 1. The van der Waals surface area contributed by atoms with Crippen molar-refractivity contribution in [2.24, 2.45) is 0 Å². The van der Waals surface area contributed by atoms with Crippen LogP contribution in [0.1, 0.15) is 11.3 Å². The van der Waals surface area contributed by atoms with Crippen LogP contribution in [-0.2, 0) is 27.6 Å². The van der Waals surface area contributed by atoms with Crippen LogP contribution in [0.15, 0.2) is 84.7 Å². The molecule has 1 aliphatic rings. The predicted molar refractivity (Wildman–Crippen MR) is 111 cm³/mol. The fraction of sp³-hybridized carbons (Fsp3) is 0.182. The molecular weight excluding hydrogens is 386 g/mol. The molecule has 6 nitrogen and oxygen atoms in total. The molecule has 0 fully saturated rings. The number of hydrogen-bond acceptors (Lipinski definition) is 4. The molecule has 1 atom stereocenters. The van der Waals surface area contributed by atoms with Crippen molar-refractivity contribution in [1.29, 1.82) is 0 Å². The average Bonchev–Trinajstić information content (AvgIpc) is 3.37. The molecule has 0 saturated heterocycles. The van der Waals surface area contributed by atoms with Gasteiger partial charge in [0.2, 0.25) is 5.91 Å². The van der Waals surface area contributed by atoms with Crippen molar-refractivity contribution in [2.75, 3.05) is 5.75 Å². The molecule has 4 rings (SSSR count).